The van der Waals surface area contributed by atoms with Gasteiger partial charge in [-0.25, -0.2) is 0 Å². The lowest BCUT2D eigenvalue weighted by atomic mass is 9.46. The van der Waals surface area contributed by atoms with Crippen LogP contribution in [0.2, 0.25) is 0 Å². The fourth-order valence-corrected chi connectivity index (χ4v) is 7.13. The van der Waals surface area contributed by atoms with E-state index in [-0.39, 0.29) is 10.8 Å². The van der Waals surface area contributed by atoms with Gasteiger partial charge < -0.3 is 9.63 Å². The molecule has 0 saturated heterocycles. The predicted octanol–water partition coefficient (Wildman–Crippen LogP) is 4.61. The van der Waals surface area contributed by atoms with Gasteiger partial charge in [-0.2, -0.15) is 0 Å². The lowest BCUT2D eigenvalue weighted by molar-refractivity contribution is -0.116. The summed E-state index contributed by atoms with van der Waals surface area (Å²) in [5.41, 5.74) is 2.77. The van der Waals surface area contributed by atoms with E-state index in [0.717, 1.165) is 30.4 Å². The Labute approximate surface area is 144 Å². The van der Waals surface area contributed by atoms with Crippen LogP contribution in [0.3, 0.4) is 0 Å². The first-order chi connectivity index (χ1) is 11.4. The molecule has 0 amide bonds. The number of aromatic nitrogens is 1. The van der Waals surface area contributed by atoms with Gasteiger partial charge in [0.05, 0.1) is 11.8 Å². The van der Waals surface area contributed by atoms with Crippen LogP contribution in [0.4, 0.5) is 0 Å². The van der Waals surface area contributed by atoms with Crippen molar-refractivity contribution in [1.82, 2.24) is 5.16 Å². The highest BCUT2D eigenvalue weighted by Gasteiger charge is 2.62. The summed E-state index contributed by atoms with van der Waals surface area (Å²) in [5, 5.41) is 15.0. The summed E-state index contributed by atoms with van der Waals surface area (Å²) in [5.74, 6) is 3.19. The molecule has 24 heavy (non-hydrogen) atoms. The summed E-state index contributed by atoms with van der Waals surface area (Å²) in [6.45, 7) is 6.95. The van der Waals surface area contributed by atoms with E-state index in [2.05, 4.69) is 32.0 Å². The van der Waals surface area contributed by atoms with Crippen LogP contribution in [-0.2, 0) is 6.42 Å². The summed E-state index contributed by atoms with van der Waals surface area (Å²) in [7, 11) is 0. The molecule has 4 aliphatic carbocycles. The zero-order chi connectivity index (χ0) is 16.7. The zero-order valence-corrected chi connectivity index (χ0v) is 15.1. The fraction of sp³-hybridized carbons (Fsp3) is 0.762. The van der Waals surface area contributed by atoms with Gasteiger partial charge in [0.2, 0.25) is 0 Å². The summed E-state index contributed by atoms with van der Waals surface area (Å²) in [6, 6.07) is 0. The molecule has 0 unspecified atom stereocenters. The van der Waals surface area contributed by atoms with Crippen LogP contribution in [0.25, 0.3) is 6.08 Å². The van der Waals surface area contributed by atoms with E-state index >= 15 is 0 Å². The zero-order valence-electron chi connectivity index (χ0n) is 15.1. The van der Waals surface area contributed by atoms with Crippen molar-refractivity contribution in [2.24, 2.45) is 28.6 Å². The van der Waals surface area contributed by atoms with Crippen LogP contribution in [-0.4, -0.2) is 15.9 Å². The van der Waals surface area contributed by atoms with Crippen molar-refractivity contribution < 1.29 is 9.63 Å². The summed E-state index contributed by atoms with van der Waals surface area (Å²) in [6.07, 6.45) is 12.4. The highest BCUT2D eigenvalue weighted by molar-refractivity contribution is 5.57. The van der Waals surface area contributed by atoms with Gasteiger partial charge in [-0.15, -0.1) is 0 Å². The minimum Gasteiger partial charge on any atom is -0.390 e. The van der Waals surface area contributed by atoms with Gasteiger partial charge in [-0.3, -0.25) is 0 Å². The molecule has 6 atom stereocenters. The van der Waals surface area contributed by atoms with Gasteiger partial charge in [0, 0.05) is 5.56 Å². The first-order valence-corrected chi connectivity index (χ1v) is 9.72. The minimum atomic E-state index is -0.478. The van der Waals surface area contributed by atoms with Crippen molar-refractivity contribution in [2.75, 3.05) is 0 Å². The molecule has 0 bridgehead atoms. The second kappa shape index (κ2) is 4.55. The van der Waals surface area contributed by atoms with E-state index in [1.807, 2.05) is 6.20 Å². The molecule has 1 aromatic rings. The Bertz CT molecular complexity index is 717. The average molecular weight is 327 g/mol. The van der Waals surface area contributed by atoms with Gasteiger partial charge in [-0.05, 0) is 86.5 Å². The normalized spacial score (nSPS) is 49.7. The van der Waals surface area contributed by atoms with E-state index in [1.54, 1.807) is 5.57 Å². The molecular weight excluding hydrogens is 298 g/mol. The molecule has 5 rings (SSSR count). The maximum absolute atomic E-state index is 11.0. The minimum absolute atomic E-state index is 0.114. The van der Waals surface area contributed by atoms with Gasteiger partial charge in [0.1, 0.15) is 0 Å². The number of fused-ring (bicyclic) bond motifs is 6. The second-order valence-corrected chi connectivity index (χ2v) is 9.66. The number of allylic oxidation sites excluding steroid dienone is 1. The molecular formula is C21H29NO2. The van der Waals surface area contributed by atoms with Crippen LogP contribution in [0.1, 0.15) is 70.6 Å². The molecule has 0 radical (unpaired) electrons. The molecule has 3 fully saturated rings. The van der Waals surface area contributed by atoms with Crippen molar-refractivity contribution in [2.45, 2.75) is 71.3 Å². The summed E-state index contributed by atoms with van der Waals surface area (Å²) in [4.78, 5) is 0. The Hall–Kier alpha value is -1.09. The molecule has 0 aromatic carbocycles. The third kappa shape index (κ3) is 1.70. The van der Waals surface area contributed by atoms with Crippen molar-refractivity contribution in [3.63, 3.8) is 0 Å². The van der Waals surface area contributed by atoms with Crippen LogP contribution in [0.15, 0.2) is 16.3 Å². The topological polar surface area (TPSA) is 46.3 Å². The predicted molar refractivity (Wildman–Crippen MR) is 93.2 cm³/mol. The Morgan fingerprint density at radius 3 is 2.75 bits per heavy atom. The molecule has 1 heterocycles. The lowest BCUT2D eigenvalue weighted by Gasteiger charge is -2.58. The van der Waals surface area contributed by atoms with Crippen molar-refractivity contribution in [1.29, 1.82) is 0 Å². The summed E-state index contributed by atoms with van der Waals surface area (Å²) < 4.78 is 5.44. The van der Waals surface area contributed by atoms with Crippen molar-refractivity contribution >= 4 is 6.08 Å². The smallest absolute Gasteiger partial charge is 0.162 e. The van der Waals surface area contributed by atoms with E-state index in [1.165, 1.54) is 37.7 Å². The monoisotopic (exact) mass is 327 g/mol. The van der Waals surface area contributed by atoms with E-state index in [9.17, 15) is 5.11 Å². The van der Waals surface area contributed by atoms with Gasteiger partial charge in [-0.1, -0.05) is 24.6 Å². The second-order valence-electron chi connectivity index (χ2n) is 9.66. The maximum Gasteiger partial charge on any atom is 0.162 e. The van der Waals surface area contributed by atoms with Crippen LogP contribution in [0.5, 0.6) is 0 Å². The van der Waals surface area contributed by atoms with Crippen molar-refractivity contribution in [3.8, 4) is 0 Å². The van der Waals surface area contributed by atoms with Crippen LogP contribution in [0, 0.1) is 28.6 Å². The molecule has 1 aromatic heterocycles. The van der Waals surface area contributed by atoms with E-state index in [4.69, 9.17) is 4.52 Å². The van der Waals surface area contributed by atoms with E-state index in [0.29, 0.717) is 5.92 Å². The van der Waals surface area contributed by atoms with Crippen molar-refractivity contribution in [3.05, 3.63) is 23.1 Å². The molecule has 3 nitrogen and oxygen atoms in total. The standard InChI is InChI=1S/C21H29NO2/c1-19-11-13-12-22-24-18(13)10-14(19)4-5-15-16(19)6-8-20(2)17(15)7-9-21(20,3)23/h10,12,15-17,23H,4-9,11H2,1-3H3/t15-,16+,17-,19+,20-,21+/m0/s1. The first-order valence-electron chi connectivity index (χ1n) is 9.72. The lowest BCUT2D eigenvalue weighted by Crippen LogP contribution is -2.54. The van der Waals surface area contributed by atoms with Gasteiger partial charge in [0.15, 0.2) is 5.76 Å². The first kappa shape index (κ1) is 15.2. The summed E-state index contributed by atoms with van der Waals surface area (Å²) >= 11 is 0. The number of rotatable bonds is 0. The number of hydrogen-bond donors (Lipinski definition) is 1. The Morgan fingerprint density at radius 2 is 1.92 bits per heavy atom. The van der Waals surface area contributed by atoms with Gasteiger partial charge in [0.25, 0.3) is 0 Å². The Morgan fingerprint density at radius 1 is 1.12 bits per heavy atom. The highest BCUT2D eigenvalue weighted by atomic mass is 16.5. The molecule has 0 spiro atoms. The number of nitrogens with zero attached hydrogens (tertiary/aromatic N) is 1. The molecule has 130 valence electrons. The molecule has 3 saturated carbocycles. The van der Waals surface area contributed by atoms with Gasteiger partial charge >= 0.3 is 0 Å². The fourth-order valence-electron chi connectivity index (χ4n) is 7.13. The van der Waals surface area contributed by atoms with Crippen LogP contribution >= 0.6 is 0 Å². The SMILES string of the molecule is C[C@]12CC[C@@H]3[C@H](CCC4=Cc5oncc5C[C@]43C)[C@@H]1CC[C@@]2(C)O. The average Bonchev–Trinajstić information content (AvgIpc) is 3.06. The third-order valence-electron chi connectivity index (χ3n) is 8.84. The molecule has 3 heteroatoms. The maximum atomic E-state index is 11.0. The Balaban J connectivity index is 1.53. The number of hydrogen-bond acceptors (Lipinski definition) is 3. The molecule has 4 aliphatic rings. The largest absolute Gasteiger partial charge is 0.390 e. The quantitative estimate of drug-likeness (QED) is 0.757. The highest BCUT2D eigenvalue weighted by Crippen LogP contribution is 2.67. The molecule has 0 aliphatic heterocycles. The molecule has 1 N–H and O–H groups in total. The Kier molecular flexibility index (Phi) is 2.88. The number of aliphatic hydroxyl groups is 1. The van der Waals surface area contributed by atoms with E-state index < -0.39 is 5.60 Å². The third-order valence-corrected chi connectivity index (χ3v) is 8.84. The van der Waals surface area contributed by atoms with Crippen LogP contribution < -0.4 is 0 Å².